The van der Waals surface area contributed by atoms with Gasteiger partial charge >= 0.3 is 0 Å². The van der Waals surface area contributed by atoms with Crippen LogP contribution >= 0.6 is 54.5 Å². The predicted molar refractivity (Wildman–Crippen MR) is 100.0 cm³/mol. The molecule has 0 unspecified atom stereocenters. The molecule has 100 valence electrons. The van der Waals surface area contributed by atoms with Crippen LogP contribution < -0.4 is 0 Å². The van der Waals surface area contributed by atoms with Crippen LogP contribution in [0.25, 0.3) is 29.6 Å². The lowest BCUT2D eigenvalue weighted by molar-refractivity contribution is 1.48. The minimum Gasteiger partial charge on any atom is -0.134 e. The first-order valence-electron chi connectivity index (χ1n) is 6.28. The maximum Gasteiger partial charge on any atom is 0.0542 e. The first kappa shape index (κ1) is 13.3. The van der Waals surface area contributed by atoms with Gasteiger partial charge in [-0.05, 0) is 23.3 Å². The Kier molecular flexibility index (Phi) is 3.38. The zero-order valence-corrected chi connectivity index (χ0v) is 15.3. The van der Waals surface area contributed by atoms with Crippen LogP contribution in [0.4, 0.5) is 0 Å². The number of rotatable bonds is 2. The monoisotopic (exact) mass is 424 g/mol. The van der Waals surface area contributed by atoms with Crippen molar-refractivity contribution < 1.29 is 0 Å². The van der Waals surface area contributed by atoms with Crippen molar-refractivity contribution in [3.63, 3.8) is 0 Å². The number of benzene rings is 2. The van der Waals surface area contributed by atoms with Gasteiger partial charge in [0.2, 0.25) is 0 Å². The molecule has 0 nitrogen and oxygen atoms in total. The Hall–Kier alpha value is -0.420. The van der Waals surface area contributed by atoms with Gasteiger partial charge in [-0.3, -0.25) is 0 Å². The van der Waals surface area contributed by atoms with Crippen LogP contribution in [-0.2, 0) is 10.7 Å². The second-order valence-electron chi connectivity index (χ2n) is 4.79. The highest BCUT2D eigenvalue weighted by Crippen LogP contribution is 2.44. The topological polar surface area (TPSA) is 0 Å². The molecule has 0 atom stereocenters. The molecule has 2 aromatic heterocycles. The van der Waals surface area contributed by atoms with E-state index in [1.165, 1.54) is 40.7 Å². The summed E-state index contributed by atoms with van der Waals surface area (Å²) in [6, 6.07) is 13.6. The minimum absolute atomic E-state index is 0.920. The molecule has 4 heteroatoms. The third-order valence-corrected chi connectivity index (χ3v) is 7.32. The molecule has 2 aromatic carbocycles. The molecule has 20 heavy (non-hydrogen) atoms. The number of alkyl halides is 2. The lowest BCUT2D eigenvalue weighted by atomic mass is 10.1. The largest absolute Gasteiger partial charge is 0.134 e. The van der Waals surface area contributed by atoms with E-state index >= 15 is 0 Å². The molecule has 0 bridgehead atoms. The maximum atomic E-state index is 3.54. The van der Waals surface area contributed by atoms with E-state index in [-0.39, 0.29) is 0 Å². The molecule has 4 aromatic rings. The van der Waals surface area contributed by atoms with Gasteiger partial charge in [0.25, 0.3) is 0 Å². The van der Waals surface area contributed by atoms with Gasteiger partial charge in [-0.15, -0.1) is 22.7 Å². The van der Waals surface area contributed by atoms with E-state index in [0.29, 0.717) is 0 Å². The number of thiophene rings is 2. The molecule has 2 heterocycles. The Morgan fingerprint density at radius 2 is 1.15 bits per heavy atom. The fraction of sp³-hybridized carbons (Fsp3) is 0.125. The third-order valence-electron chi connectivity index (χ3n) is 3.52. The summed E-state index contributed by atoms with van der Waals surface area (Å²) in [5.41, 5.74) is 2.69. The predicted octanol–water partition coefficient (Wildman–Crippen LogP) is 7.06. The molecule has 0 N–H and O–H groups in total. The molecule has 0 spiro atoms. The lowest BCUT2D eigenvalue weighted by Crippen LogP contribution is -1.74. The highest BCUT2D eigenvalue weighted by Gasteiger charge is 2.12. The third kappa shape index (κ3) is 1.97. The molecule has 0 aliphatic carbocycles. The quantitative estimate of drug-likeness (QED) is 0.301. The Balaban J connectivity index is 2.08. The van der Waals surface area contributed by atoms with E-state index in [1.54, 1.807) is 0 Å². The molecule has 0 radical (unpaired) electrons. The van der Waals surface area contributed by atoms with E-state index in [9.17, 15) is 0 Å². The number of fused-ring (bicyclic) bond motifs is 5. The van der Waals surface area contributed by atoms with Crippen molar-refractivity contribution in [3.05, 3.63) is 47.5 Å². The number of hydrogen-bond acceptors (Lipinski definition) is 2. The second-order valence-corrected chi connectivity index (χ2v) is 8.02. The molecule has 4 rings (SSSR count). The summed E-state index contributed by atoms with van der Waals surface area (Å²) >= 11 is 10.9. The standard InChI is InChI=1S/C16H10Br2S2/c17-7-9-1-3-11-13(5-9)19-16-12-4-2-10(8-18)6-14(12)20-15(11)16/h1-6H,7-8H2. The lowest BCUT2D eigenvalue weighted by Gasteiger charge is -1.96. The summed E-state index contributed by atoms with van der Waals surface area (Å²) in [4.78, 5) is 0. The van der Waals surface area contributed by atoms with Crippen LogP contribution in [0, 0.1) is 0 Å². The summed E-state index contributed by atoms with van der Waals surface area (Å²) in [6.45, 7) is 0. The summed E-state index contributed by atoms with van der Waals surface area (Å²) in [6.07, 6.45) is 0. The highest BCUT2D eigenvalue weighted by atomic mass is 79.9. The van der Waals surface area contributed by atoms with Gasteiger partial charge in [0, 0.05) is 30.8 Å². The molecule has 0 saturated heterocycles. The van der Waals surface area contributed by atoms with Crippen LogP contribution in [0.2, 0.25) is 0 Å². The van der Waals surface area contributed by atoms with Gasteiger partial charge in [-0.1, -0.05) is 56.1 Å². The first-order valence-corrected chi connectivity index (χ1v) is 10.2. The van der Waals surface area contributed by atoms with E-state index < -0.39 is 0 Å². The van der Waals surface area contributed by atoms with Crippen LogP contribution in [0.1, 0.15) is 11.1 Å². The second kappa shape index (κ2) is 5.09. The number of halogens is 2. The Morgan fingerprint density at radius 3 is 1.55 bits per heavy atom. The van der Waals surface area contributed by atoms with Gasteiger partial charge < -0.3 is 0 Å². The van der Waals surface area contributed by atoms with Gasteiger partial charge in [0.05, 0.1) is 9.40 Å². The average Bonchev–Trinajstić information content (AvgIpc) is 3.01. The maximum absolute atomic E-state index is 3.54. The summed E-state index contributed by atoms with van der Waals surface area (Å²) in [5, 5.41) is 4.64. The molecule has 0 aliphatic rings. The van der Waals surface area contributed by atoms with Crippen molar-refractivity contribution in [2.24, 2.45) is 0 Å². The summed E-state index contributed by atoms with van der Waals surface area (Å²) in [5.74, 6) is 0. The summed E-state index contributed by atoms with van der Waals surface area (Å²) in [7, 11) is 0. The van der Waals surface area contributed by atoms with Crippen molar-refractivity contribution in [1.82, 2.24) is 0 Å². The fourth-order valence-corrected chi connectivity index (χ4v) is 5.99. The van der Waals surface area contributed by atoms with Crippen molar-refractivity contribution in [3.8, 4) is 0 Å². The Labute approximate surface area is 141 Å². The van der Waals surface area contributed by atoms with Crippen molar-refractivity contribution >= 4 is 84.1 Å². The summed E-state index contributed by atoms with van der Waals surface area (Å²) < 4.78 is 5.67. The van der Waals surface area contributed by atoms with E-state index in [0.717, 1.165) is 10.7 Å². The highest BCUT2D eigenvalue weighted by molar-refractivity contribution is 9.08. The van der Waals surface area contributed by atoms with Gasteiger partial charge in [-0.25, -0.2) is 0 Å². The molecular formula is C16H10Br2S2. The number of hydrogen-bond donors (Lipinski definition) is 0. The molecular weight excluding hydrogens is 416 g/mol. The SMILES string of the molecule is BrCc1ccc2c(c1)sc1c3ccc(CBr)cc3sc21. The Bertz CT molecular complexity index is 856. The van der Waals surface area contributed by atoms with Crippen molar-refractivity contribution in [2.45, 2.75) is 10.7 Å². The molecule has 0 aliphatic heterocycles. The van der Waals surface area contributed by atoms with Gasteiger partial charge in [0.15, 0.2) is 0 Å². The Morgan fingerprint density at radius 1 is 0.700 bits per heavy atom. The van der Waals surface area contributed by atoms with Crippen LogP contribution in [0.5, 0.6) is 0 Å². The fourth-order valence-electron chi connectivity index (χ4n) is 2.51. The molecule has 0 amide bonds. The van der Waals surface area contributed by atoms with Crippen LogP contribution in [-0.4, -0.2) is 0 Å². The van der Waals surface area contributed by atoms with Crippen LogP contribution in [0.15, 0.2) is 36.4 Å². The first-order chi connectivity index (χ1) is 9.80. The minimum atomic E-state index is 0.920. The van der Waals surface area contributed by atoms with Crippen LogP contribution in [0.3, 0.4) is 0 Å². The smallest absolute Gasteiger partial charge is 0.0542 e. The van der Waals surface area contributed by atoms with Gasteiger partial charge in [0.1, 0.15) is 0 Å². The van der Waals surface area contributed by atoms with Crippen molar-refractivity contribution in [1.29, 1.82) is 0 Å². The molecule has 0 fully saturated rings. The van der Waals surface area contributed by atoms with Crippen molar-refractivity contribution in [2.75, 3.05) is 0 Å². The zero-order chi connectivity index (χ0) is 13.7. The van der Waals surface area contributed by atoms with E-state index in [4.69, 9.17) is 0 Å². The van der Waals surface area contributed by atoms with E-state index in [2.05, 4.69) is 68.3 Å². The zero-order valence-electron chi connectivity index (χ0n) is 10.5. The average molecular weight is 426 g/mol. The van der Waals surface area contributed by atoms with E-state index in [1.807, 2.05) is 22.7 Å². The molecule has 0 saturated carbocycles. The normalized spacial score (nSPS) is 11.9. The van der Waals surface area contributed by atoms with Gasteiger partial charge in [-0.2, -0.15) is 0 Å².